The van der Waals surface area contributed by atoms with Gasteiger partial charge in [0.05, 0.1) is 0 Å². The standard InChI is InChI=1S/C15H26N2O3/c1-11-2-3-13(8-11)10-16-15(20)17-6-4-12(5-7-17)9-14(18)19/h11-13H,2-10H2,1H3,(H,16,20)(H,18,19). The van der Waals surface area contributed by atoms with Gasteiger partial charge in [-0.1, -0.05) is 13.3 Å². The lowest BCUT2D eigenvalue weighted by Crippen LogP contribution is -2.45. The van der Waals surface area contributed by atoms with E-state index in [-0.39, 0.29) is 18.4 Å². The quantitative estimate of drug-likeness (QED) is 0.831. The molecule has 2 aliphatic rings. The fraction of sp³-hybridized carbons (Fsp3) is 0.867. The number of urea groups is 1. The Morgan fingerprint density at radius 1 is 1.15 bits per heavy atom. The Labute approximate surface area is 120 Å². The molecule has 1 aliphatic heterocycles. The Morgan fingerprint density at radius 3 is 2.40 bits per heavy atom. The monoisotopic (exact) mass is 282 g/mol. The summed E-state index contributed by atoms with van der Waals surface area (Å²) in [4.78, 5) is 24.6. The maximum absolute atomic E-state index is 12.1. The molecule has 2 N–H and O–H groups in total. The SMILES string of the molecule is CC1CCC(CNC(=O)N2CCC(CC(=O)O)CC2)C1. The Balaban J connectivity index is 1.65. The molecule has 0 bridgehead atoms. The molecular weight excluding hydrogens is 256 g/mol. The average molecular weight is 282 g/mol. The van der Waals surface area contributed by atoms with Gasteiger partial charge in [0, 0.05) is 26.1 Å². The summed E-state index contributed by atoms with van der Waals surface area (Å²) in [5.41, 5.74) is 0. The number of aliphatic carboxylic acids is 1. The van der Waals surface area contributed by atoms with E-state index in [1.807, 2.05) is 4.90 Å². The van der Waals surface area contributed by atoms with E-state index in [9.17, 15) is 9.59 Å². The van der Waals surface area contributed by atoms with Crippen LogP contribution < -0.4 is 5.32 Å². The number of carboxylic acids is 1. The molecule has 0 aromatic rings. The van der Waals surface area contributed by atoms with Gasteiger partial charge in [0.25, 0.3) is 0 Å². The molecule has 0 aromatic carbocycles. The number of amides is 2. The number of rotatable bonds is 4. The summed E-state index contributed by atoms with van der Waals surface area (Å²) in [7, 11) is 0. The number of nitrogens with zero attached hydrogens (tertiary/aromatic N) is 1. The highest BCUT2D eigenvalue weighted by Gasteiger charge is 2.26. The Bertz CT molecular complexity index is 351. The third-order valence-electron chi connectivity index (χ3n) is 4.71. The predicted octanol–water partition coefficient (Wildman–Crippen LogP) is 2.32. The van der Waals surface area contributed by atoms with Crippen molar-refractivity contribution in [2.24, 2.45) is 17.8 Å². The minimum Gasteiger partial charge on any atom is -0.481 e. The number of piperidine rings is 1. The Kier molecular flexibility index (Phi) is 5.26. The normalized spacial score (nSPS) is 27.6. The first-order chi connectivity index (χ1) is 9.54. The zero-order chi connectivity index (χ0) is 14.5. The van der Waals surface area contributed by atoms with E-state index in [0.29, 0.717) is 19.0 Å². The van der Waals surface area contributed by atoms with Crippen LogP contribution in [0, 0.1) is 17.8 Å². The molecule has 1 heterocycles. The molecule has 1 aliphatic carbocycles. The molecule has 2 unspecified atom stereocenters. The van der Waals surface area contributed by atoms with E-state index in [4.69, 9.17) is 5.11 Å². The largest absolute Gasteiger partial charge is 0.481 e. The van der Waals surface area contributed by atoms with Gasteiger partial charge < -0.3 is 15.3 Å². The molecule has 114 valence electrons. The molecule has 5 heteroatoms. The van der Waals surface area contributed by atoms with Crippen LogP contribution in [0.4, 0.5) is 4.79 Å². The van der Waals surface area contributed by atoms with Gasteiger partial charge in [-0.25, -0.2) is 4.79 Å². The highest BCUT2D eigenvalue weighted by atomic mass is 16.4. The van der Waals surface area contributed by atoms with Crippen LogP contribution in [0.5, 0.6) is 0 Å². The first-order valence-electron chi connectivity index (χ1n) is 7.79. The van der Waals surface area contributed by atoms with Gasteiger partial charge in [-0.05, 0) is 43.4 Å². The lowest BCUT2D eigenvalue weighted by Gasteiger charge is -2.31. The van der Waals surface area contributed by atoms with Crippen LogP contribution in [0.2, 0.25) is 0 Å². The van der Waals surface area contributed by atoms with Crippen molar-refractivity contribution in [2.45, 2.75) is 45.4 Å². The van der Waals surface area contributed by atoms with Gasteiger partial charge in [0.1, 0.15) is 0 Å². The van der Waals surface area contributed by atoms with Crippen molar-refractivity contribution in [1.29, 1.82) is 0 Å². The third kappa shape index (κ3) is 4.39. The van der Waals surface area contributed by atoms with Crippen molar-refractivity contribution in [2.75, 3.05) is 19.6 Å². The lowest BCUT2D eigenvalue weighted by atomic mass is 9.94. The van der Waals surface area contributed by atoms with Crippen LogP contribution in [0.1, 0.15) is 45.4 Å². The van der Waals surface area contributed by atoms with Crippen molar-refractivity contribution < 1.29 is 14.7 Å². The molecule has 2 amide bonds. The maximum Gasteiger partial charge on any atom is 0.317 e. The minimum absolute atomic E-state index is 0.0262. The maximum atomic E-state index is 12.1. The molecule has 2 atom stereocenters. The fourth-order valence-corrected chi connectivity index (χ4v) is 3.44. The van der Waals surface area contributed by atoms with Crippen LogP contribution in [-0.2, 0) is 4.79 Å². The Morgan fingerprint density at radius 2 is 1.85 bits per heavy atom. The van der Waals surface area contributed by atoms with Crippen LogP contribution in [-0.4, -0.2) is 41.6 Å². The zero-order valence-corrected chi connectivity index (χ0v) is 12.3. The topological polar surface area (TPSA) is 69.6 Å². The second-order valence-electron chi connectivity index (χ2n) is 6.50. The lowest BCUT2D eigenvalue weighted by molar-refractivity contribution is -0.138. The number of carbonyl (C=O) groups excluding carboxylic acids is 1. The number of hydrogen-bond acceptors (Lipinski definition) is 2. The van der Waals surface area contributed by atoms with Crippen molar-refractivity contribution >= 4 is 12.0 Å². The van der Waals surface area contributed by atoms with Gasteiger partial charge in [-0.2, -0.15) is 0 Å². The van der Waals surface area contributed by atoms with E-state index in [1.165, 1.54) is 19.3 Å². The summed E-state index contributed by atoms with van der Waals surface area (Å²) in [5.74, 6) is 0.928. The van der Waals surface area contributed by atoms with E-state index in [1.54, 1.807) is 0 Å². The molecule has 0 aromatic heterocycles. The predicted molar refractivity (Wildman–Crippen MR) is 76.5 cm³/mol. The second kappa shape index (κ2) is 6.95. The molecule has 2 fully saturated rings. The molecule has 2 rings (SSSR count). The third-order valence-corrected chi connectivity index (χ3v) is 4.71. The van der Waals surface area contributed by atoms with E-state index >= 15 is 0 Å². The fourth-order valence-electron chi connectivity index (χ4n) is 3.44. The number of nitrogens with one attached hydrogen (secondary N) is 1. The summed E-state index contributed by atoms with van der Waals surface area (Å²) in [5, 5.41) is 11.8. The van der Waals surface area contributed by atoms with Gasteiger partial charge in [-0.15, -0.1) is 0 Å². The van der Waals surface area contributed by atoms with Crippen LogP contribution in [0.15, 0.2) is 0 Å². The van der Waals surface area contributed by atoms with Crippen molar-refractivity contribution in [3.8, 4) is 0 Å². The number of carbonyl (C=O) groups is 2. The van der Waals surface area contributed by atoms with Gasteiger partial charge in [-0.3, -0.25) is 4.79 Å². The summed E-state index contributed by atoms with van der Waals surface area (Å²) in [6, 6.07) is 0.0262. The molecule has 1 saturated heterocycles. The van der Waals surface area contributed by atoms with E-state index in [0.717, 1.165) is 25.3 Å². The van der Waals surface area contributed by atoms with Crippen LogP contribution >= 0.6 is 0 Å². The highest BCUT2D eigenvalue weighted by molar-refractivity contribution is 5.74. The Hall–Kier alpha value is -1.26. The molecule has 0 radical (unpaired) electrons. The van der Waals surface area contributed by atoms with Crippen molar-refractivity contribution in [1.82, 2.24) is 10.2 Å². The first kappa shape index (κ1) is 15.1. The minimum atomic E-state index is -0.733. The molecule has 0 spiro atoms. The number of hydrogen-bond donors (Lipinski definition) is 2. The molecular formula is C15H26N2O3. The van der Waals surface area contributed by atoms with Crippen molar-refractivity contribution in [3.05, 3.63) is 0 Å². The van der Waals surface area contributed by atoms with E-state index < -0.39 is 5.97 Å². The smallest absolute Gasteiger partial charge is 0.317 e. The van der Waals surface area contributed by atoms with Crippen LogP contribution in [0.25, 0.3) is 0 Å². The van der Waals surface area contributed by atoms with Crippen LogP contribution in [0.3, 0.4) is 0 Å². The van der Waals surface area contributed by atoms with Gasteiger partial charge in [0.2, 0.25) is 0 Å². The van der Waals surface area contributed by atoms with Crippen molar-refractivity contribution in [3.63, 3.8) is 0 Å². The molecule has 1 saturated carbocycles. The van der Waals surface area contributed by atoms with E-state index in [2.05, 4.69) is 12.2 Å². The number of likely N-dealkylation sites (tertiary alicyclic amines) is 1. The zero-order valence-electron chi connectivity index (χ0n) is 12.3. The number of carboxylic acid groups (broad SMARTS) is 1. The molecule has 20 heavy (non-hydrogen) atoms. The first-order valence-corrected chi connectivity index (χ1v) is 7.79. The second-order valence-corrected chi connectivity index (χ2v) is 6.50. The van der Waals surface area contributed by atoms with Gasteiger partial charge >= 0.3 is 12.0 Å². The summed E-state index contributed by atoms with van der Waals surface area (Å²) < 4.78 is 0. The summed E-state index contributed by atoms with van der Waals surface area (Å²) >= 11 is 0. The summed E-state index contributed by atoms with van der Waals surface area (Å²) in [6.45, 7) is 4.43. The highest BCUT2D eigenvalue weighted by Crippen LogP contribution is 2.29. The van der Waals surface area contributed by atoms with Gasteiger partial charge in [0.15, 0.2) is 0 Å². The molecule has 5 nitrogen and oxygen atoms in total. The average Bonchev–Trinajstić information content (AvgIpc) is 2.82. The summed E-state index contributed by atoms with van der Waals surface area (Å²) in [6.07, 6.45) is 5.57.